The minimum Gasteiger partial charge on any atom is -0.449 e. The molecule has 1 amide bonds. The van der Waals surface area contributed by atoms with Crippen LogP contribution in [-0.2, 0) is 9.53 Å². The van der Waals surface area contributed by atoms with E-state index in [9.17, 15) is 9.59 Å². The van der Waals surface area contributed by atoms with Crippen LogP contribution in [0.15, 0.2) is 36.4 Å². The van der Waals surface area contributed by atoms with E-state index in [1.165, 1.54) is 0 Å². The van der Waals surface area contributed by atoms with Crippen molar-refractivity contribution in [1.82, 2.24) is 9.88 Å². The van der Waals surface area contributed by atoms with Crippen LogP contribution in [0.3, 0.4) is 0 Å². The number of carbonyl (C=O) groups is 2. The van der Waals surface area contributed by atoms with Gasteiger partial charge < -0.3 is 14.6 Å². The van der Waals surface area contributed by atoms with Gasteiger partial charge in [-0.25, -0.2) is 4.79 Å². The van der Waals surface area contributed by atoms with Crippen LogP contribution < -0.4 is 5.32 Å². The van der Waals surface area contributed by atoms with Crippen molar-refractivity contribution in [2.45, 2.75) is 46.8 Å². The van der Waals surface area contributed by atoms with Gasteiger partial charge in [0.2, 0.25) is 0 Å². The lowest BCUT2D eigenvalue weighted by Gasteiger charge is -2.15. The standard InChI is InChI=1S/C19H24N2O3/c1-12(2)20-18(22)15(5)24-19(23)16-8-10-17(11-9-16)21-13(3)6-7-14(21)4/h6-12,15H,1-5H3,(H,20,22)/t15-/m1/s1. The molecule has 1 aromatic heterocycles. The first kappa shape index (κ1) is 17.8. The van der Waals surface area contributed by atoms with E-state index in [4.69, 9.17) is 4.74 Å². The summed E-state index contributed by atoms with van der Waals surface area (Å²) < 4.78 is 7.32. The van der Waals surface area contributed by atoms with E-state index in [1.807, 2.05) is 52.0 Å². The number of benzene rings is 1. The van der Waals surface area contributed by atoms with Gasteiger partial charge in [0, 0.05) is 23.1 Å². The molecule has 0 radical (unpaired) electrons. The van der Waals surface area contributed by atoms with Gasteiger partial charge in [-0.1, -0.05) is 0 Å². The van der Waals surface area contributed by atoms with Crippen molar-refractivity contribution in [3.63, 3.8) is 0 Å². The van der Waals surface area contributed by atoms with Crippen LogP contribution in [0.2, 0.25) is 0 Å². The Morgan fingerprint density at radius 3 is 2.00 bits per heavy atom. The Kier molecular flexibility index (Phi) is 5.44. The molecule has 5 nitrogen and oxygen atoms in total. The molecule has 1 atom stereocenters. The van der Waals surface area contributed by atoms with Crippen LogP contribution in [-0.4, -0.2) is 28.6 Å². The van der Waals surface area contributed by atoms with Gasteiger partial charge in [0.15, 0.2) is 6.10 Å². The van der Waals surface area contributed by atoms with Crippen LogP contribution in [0, 0.1) is 13.8 Å². The topological polar surface area (TPSA) is 60.3 Å². The molecule has 1 N–H and O–H groups in total. The molecule has 0 saturated heterocycles. The quantitative estimate of drug-likeness (QED) is 0.858. The Morgan fingerprint density at radius 2 is 1.50 bits per heavy atom. The highest BCUT2D eigenvalue weighted by Crippen LogP contribution is 2.17. The number of carbonyl (C=O) groups excluding carboxylic acids is 2. The number of ether oxygens (including phenoxy) is 1. The Bertz CT molecular complexity index is 710. The number of esters is 1. The molecule has 0 unspecified atom stereocenters. The molecule has 0 aliphatic heterocycles. The number of hydrogen-bond donors (Lipinski definition) is 1. The molecule has 0 spiro atoms. The number of rotatable bonds is 5. The maximum Gasteiger partial charge on any atom is 0.338 e. The summed E-state index contributed by atoms with van der Waals surface area (Å²) in [5.41, 5.74) is 3.66. The van der Waals surface area contributed by atoms with E-state index in [1.54, 1.807) is 19.1 Å². The molecule has 2 rings (SSSR count). The van der Waals surface area contributed by atoms with E-state index in [0.717, 1.165) is 17.1 Å². The molecule has 0 bridgehead atoms. The van der Waals surface area contributed by atoms with Crippen molar-refractivity contribution < 1.29 is 14.3 Å². The maximum atomic E-state index is 12.2. The summed E-state index contributed by atoms with van der Waals surface area (Å²) in [4.78, 5) is 24.0. The molecule has 1 aromatic carbocycles. The molecule has 0 fully saturated rings. The first-order chi connectivity index (χ1) is 11.3. The lowest BCUT2D eigenvalue weighted by molar-refractivity contribution is -0.129. The Labute approximate surface area is 142 Å². The fourth-order valence-electron chi connectivity index (χ4n) is 2.51. The molecule has 5 heteroatoms. The van der Waals surface area contributed by atoms with Crippen molar-refractivity contribution in [2.24, 2.45) is 0 Å². The van der Waals surface area contributed by atoms with Crippen LogP contribution in [0.5, 0.6) is 0 Å². The monoisotopic (exact) mass is 328 g/mol. The first-order valence-corrected chi connectivity index (χ1v) is 8.06. The number of nitrogens with zero attached hydrogens (tertiary/aromatic N) is 1. The van der Waals surface area contributed by atoms with Gasteiger partial charge in [-0.3, -0.25) is 4.79 Å². The van der Waals surface area contributed by atoms with Crippen molar-refractivity contribution in [3.8, 4) is 5.69 Å². The summed E-state index contributed by atoms with van der Waals surface area (Å²) in [6.07, 6.45) is -0.825. The van der Waals surface area contributed by atoms with Crippen molar-refractivity contribution in [3.05, 3.63) is 53.3 Å². The highest BCUT2D eigenvalue weighted by molar-refractivity contribution is 5.92. The molecule has 0 aliphatic rings. The van der Waals surface area contributed by atoms with Gasteiger partial charge in [0.25, 0.3) is 5.91 Å². The summed E-state index contributed by atoms with van der Waals surface area (Å²) >= 11 is 0. The van der Waals surface area contributed by atoms with Crippen molar-refractivity contribution in [2.75, 3.05) is 0 Å². The highest BCUT2D eigenvalue weighted by atomic mass is 16.5. The van der Waals surface area contributed by atoms with E-state index < -0.39 is 12.1 Å². The van der Waals surface area contributed by atoms with E-state index >= 15 is 0 Å². The second kappa shape index (κ2) is 7.34. The Balaban J connectivity index is 2.08. The Morgan fingerprint density at radius 1 is 0.958 bits per heavy atom. The van der Waals surface area contributed by atoms with Crippen LogP contribution in [0.4, 0.5) is 0 Å². The zero-order valence-corrected chi connectivity index (χ0v) is 14.8. The lowest BCUT2D eigenvalue weighted by Crippen LogP contribution is -2.39. The van der Waals surface area contributed by atoms with Crippen molar-refractivity contribution in [1.29, 1.82) is 0 Å². The van der Waals surface area contributed by atoms with Crippen molar-refractivity contribution >= 4 is 11.9 Å². The number of aromatic nitrogens is 1. The number of nitrogens with one attached hydrogen (secondary N) is 1. The average Bonchev–Trinajstić information content (AvgIpc) is 2.85. The van der Waals surface area contributed by atoms with Crippen LogP contribution >= 0.6 is 0 Å². The zero-order valence-electron chi connectivity index (χ0n) is 14.8. The molecular weight excluding hydrogens is 304 g/mol. The van der Waals surface area contributed by atoms with E-state index in [0.29, 0.717) is 5.56 Å². The zero-order chi connectivity index (χ0) is 17.9. The number of amides is 1. The normalized spacial score (nSPS) is 12.1. The average molecular weight is 328 g/mol. The van der Waals surface area contributed by atoms with Gasteiger partial charge in [-0.2, -0.15) is 0 Å². The third-order valence-corrected chi connectivity index (χ3v) is 3.72. The molecular formula is C19H24N2O3. The summed E-state index contributed by atoms with van der Waals surface area (Å²) in [6.45, 7) is 9.34. The van der Waals surface area contributed by atoms with Crippen LogP contribution in [0.1, 0.15) is 42.5 Å². The fraction of sp³-hybridized carbons (Fsp3) is 0.368. The molecule has 1 heterocycles. The number of hydrogen-bond acceptors (Lipinski definition) is 3. The second-order valence-electron chi connectivity index (χ2n) is 6.21. The maximum absolute atomic E-state index is 12.2. The molecule has 24 heavy (non-hydrogen) atoms. The minimum absolute atomic E-state index is 0.00554. The second-order valence-corrected chi connectivity index (χ2v) is 6.21. The summed E-state index contributed by atoms with van der Waals surface area (Å²) in [5.74, 6) is -0.803. The lowest BCUT2D eigenvalue weighted by atomic mass is 10.2. The van der Waals surface area contributed by atoms with Gasteiger partial charge in [-0.05, 0) is 71.0 Å². The predicted molar refractivity (Wildman–Crippen MR) is 93.4 cm³/mol. The largest absolute Gasteiger partial charge is 0.449 e. The third kappa shape index (κ3) is 4.04. The van der Waals surface area contributed by atoms with E-state index in [-0.39, 0.29) is 11.9 Å². The van der Waals surface area contributed by atoms with Gasteiger partial charge >= 0.3 is 5.97 Å². The molecule has 128 valence electrons. The minimum atomic E-state index is -0.825. The third-order valence-electron chi connectivity index (χ3n) is 3.72. The highest BCUT2D eigenvalue weighted by Gasteiger charge is 2.19. The summed E-state index contributed by atoms with van der Waals surface area (Å²) in [7, 11) is 0. The Hall–Kier alpha value is -2.56. The molecule has 0 aliphatic carbocycles. The number of aryl methyl sites for hydroxylation is 2. The first-order valence-electron chi connectivity index (χ1n) is 8.06. The van der Waals surface area contributed by atoms with E-state index in [2.05, 4.69) is 9.88 Å². The SMILES string of the molecule is Cc1ccc(C)n1-c1ccc(C(=O)O[C@H](C)C(=O)NC(C)C)cc1. The predicted octanol–water partition coefficient (Wildman–Crippen LogP) is 3.16. The van der Waals surface area contributed by atoms with Gasteiger partial charge in [0.05, 0.1) is 5.56 Å². The summed E-state index contributed by atoms with van der Waals surface area (Å²) in [6, 6.07) is 11.3. The molecule has 2 aromatic rings. The fourth-order valence-corrected chi connectivity index (χ4v) is 2.51. The smallest absolute Gasteiger partial charge is 0.338 e. The van der Waals surface area contributed by atoms with Gasteiger partial charge in [-0.15, -0.1) is 0 Å². The van der Waals surface area contributed by atoms with Crippen LogP contribution in [0.25, 0.3) is 5.69 Å². The summed E-state index contributed by atoms with van der Waals surface area (Å²) in [5, 5.41) is 2.72. The van der Waals surface area contributed by atoms with Gasteiger partial charge in [0.1, 0.15) is 0 Å². The molecule has 0 saturated carbocycles.